The molecule has 0 aliphatic carbocycles. The molecule has 1 heterocycles. The summed E-state index contributed by atoms with van der Waals surface area (Å²) in [5.41, 5.74) is 7.03. The molecule has 2 rings (SSSR count). The van der Waals surface area contributed by atoms with Crippen molar-refractivity contribution in [3.05, 3.63) is 35.9 Å². The predicted octanol–water partition coefficient (Wildman–Crippen LogP) is 1.89. The van der Waals surface area contributed by atoms with E-state index in [4.69, 9.17) is 5.73 Å². The summed E-state index contributed by atoms with van der Waals surface area (Å²) in [7, 11) is 0. The van der Waals surface area contributed by atoms with Crippen LogP contribution in [0.25, 0.3) is 0 Å². The van der Waals surface area contributed by atoms with Crippen molar-refractivity contribution in [3.63, 3.8) is 0 Å². The number of carbonyl (C=O) groups is 1. The van der Waals surface area contributed by atoms with E-state index in [9.17, 15) is 4.79 Å². The van der Waals surface area contributed by atoms with E-state index < -0.39 is 0 Å². The SMILES string of the molecule is CC(N)CCCC(=O)NC1CCN(Cc2ccccc2)C1. The van der Waals surface area contributed by atoms with Gasteiger partial charge in [0.1, 0.15) is 0 Å². The summed E-state index contributed by atoms with van der Waals surface area (Å²) in [6, 6.07) is 11.0. The van der Waals surface area contributed by atoms with Gasteiger partial charge in [0, 0.05) is 38.1 Å². The molecule has 1 amide bonds. The van der Waals surface area contributed by atoms with E-state index in [1.165, 1.54) is 5.56 Å². The molecule has 1 aliphatic heterocycles. The fraction of sp³-hybridized carbons (Fsp3) is 0.588. The van der Waals surface area contributed by atoms with Crippen LogP contribution in [-0.2, 0) is 11.3 Å². The molecular formula is C17H27N3O. The van der Waals surface area contributed by atoms with Crippen LogP contribution < -0.4 is 11.1 Å². The standard InChI is InChI=1S/C17H27N3O/c1-14(18)6-5-9-17(21)19-16-10-11-20(13-16)12-15-7-3-2-4-8-15/h2-4,7-8,14,16H,5-6,9-13,18H2,1H3,(H,19,21). The number of benzene rings is 1. The molecule has 0 aromatic heterocycles. The molecule has 1 saturated heterocycles. The minimum Gasteiger partial charge on any atom is -0.352 e. The molecule has 2 atom stereocenters. The number of carbonyl (C=O) groups excluding carboxylic acids is 1. The topological polar surface area (TPSA) is 58.4 Å². The predicted molar refractivity (Wildman–Crippen MR) is 85.8 cm³/mol. The molecule has 4 heteroatoms. The molecule has 3 N–H and O–H groups in total. The van der Waals surface area contributed by atoms with Gasteiger partial charge in [0.15, 0.2) is 0 Å². The van der Waals surface area contributed by atoms with Crippen LogP contribution in [0.1, 0.15) is 38.2 Å². The Kier molecular flexibility index (Phi) is 6.21. The summed E-state index contributed by atoms with van der Waals surface area (Å²) in [6.07, 6.45) is 3.44. The van der Waals surface area contributed by atoms with Crippen LogP contribution in [0.2, 0.25) is 0 Å². The summed E-state index contributed by atoms with van der Waals surface area (Å²) in [4.78, 5) is 14.3. The number of nitrogens with two attached hydrogens (primary N) is 1. The minimum absolute atomic E-state index is 0.169. The Hall–Kier alpha value is -1.39. The fourth-order valence-corrected chi connectivity index (χ4v) is 2.82. The van der Waals surface area contributed by atoms with Crippen LogP contribution in [0.15, 0.2) is 30.3 Å². The van der Waals surface area contributed by atoms with E-state index in [1.54, 1.807) is 0 Å². The summed E-state index contributed by atoms with van der Waals surface area (Å²) >= 11 is 0. The Morgan fingerprint density at radius 2 is 2.19 bits per heavy atom. The normalized spacial score (nSPS) is 20.4. The monoisotopic (exact) mass is 289 g/mol. The molecule has 1 aromatic carbocycles. The molecule has 21 heavy (non-hydrogen) atoms. The van der Waals surface area contributed by atoms with Crippen LogP contribution in [0.3, 0.4) is 0 Å². The van der Waals surface area contributed by atoms with E-state index in [0.717, 1.165) is 38.9 Å². The first-order valence-corrected chi connectivity index (χ1v) is 7.94. The van der Waals surface area contributed by atoms with Gasteiger partial charge in [-0.25, -0.2) is 0 Å². The molecule has 116 valence electrons. The van der Waals surface area contributed by atoms with Crippen molar-refractivity contribution < 1.29 is 4.79 Å². The Labute approximate surface area is 127 Å². The van der Waals surface area contributed by atoms with Gasteiger partial charge in [-0.15, -0.1) is 0 Å². The van der Waals surface area contributed by atoms with Gasteiger partial charge in [-0.1, -0.05) is 30.3 Å². The highest BCUT2D eigenvalue weighted by atomic mass is 16.1. The molecule has 2 unspecified atom stereocenters. The van der Waals surface area contributed by atoms with E-state index in [2.05, 4.69) is 34.5 Å². The first-order valence-electron chi connectivity index (χ1n) is 7.94. The number of hydrogen-bond acceptors (Lipinski definition) is 3. The van der Waals surface area contributed by atoms with E-state index in [0.29, 0.717) is 12.5 Å². The highest BCUT2D eigenvalue weighted by Gasteiger charge is 2.23. The lowest BCUT2D eigenvalue weighted by Gasteiger charge is -2.17. The first kappa shape index (κ1) is 16.0. The van der Waals surface area contributed by atoms with Gasteiger partial charge >= 0.3 is 0 Å². The van der Waals surface area contributed by atoms with Crippen molar-refractivity contribution in [1.82, 2.24) is 10.2 Å². The van der Waals surface area contributed by atoms with Crippen molar-refractivity contribution in [2.24, 2.45) is 5.73 Å². The summed E-state index contributed by atoms with van der Waals surface area (Å²) < 4.78 is 0. The zero-order valence-corrected chi connectivity index (χ0v) is 12.9. The molecule has 1 fully saturated rings. The number of amides is 1. The molecule has 1 aliphatic rings. The molecule has 0 radical (unpaired) electrons. The Morgan fingerprint density at radius 1 is 1.43 bits per heavy atom. The zero-order chi connectivity index (χ0) is 15.1. The van der Waals surface area contributed by atoms with Crippen LogP contribution >= 0.6 is 0 Å². The van der Waals surface area contributed by atoms with Crippen molar-refractivity contribution in [3.8, 4) is 0 Å². The van der Waals surface area contributed by atoms with Crippen molar-refractivity contribution in [2.45, 2.75) is 51.2 Å². The Morgan fingerprint density at radius 3 is 2.90 bits per heavy atom. The maximum atomic E-state index is 11.9. The third-order valence-corrected chi connectivity index (χ3v) is 3.95. The van der Waals surface area contributed by atoms with E-state index >= 15 is 0 Å². The minimum atomic E-state index is 0.169. The lowest BCUT2D eigenvalue weighted by molar-refractivity contribution is -0.121. The Balaban J connectivity index is 1.67. The second-order valence-electron chi connectivity index (χ2n) is 6.14. The first-order chi connectivity index (χ1) is 10.1. The maximum Gasteiger partial charge on any atom is 0.220 e. The average Bonchev–Trinajstić information content (AvgIpc) is 2.86. The number of hydrogen-bond donors (Lipinski definition) is 2. The van der Waals surface area contributed by atoms with Gasteiger partial charge in [-0.05, 0) is 31.7 Å². The van der Waals surface area contributed by atoms with Crippen molar-refractivity contribution >= 4 is 5.91 Å². The quantitative estimate of drug-likeness (QED) is 0.806. The average molecular weight is 289 g/mol. The molecule has 0 saturated carbocycles. The van der Waals surface area contributed by atoms with Crippen LogP contribution in [0, 0.1) is 0 Å². The largest absolute Gasteiger partial charge is 0.352 e. The number of rotatable bonds is 7. The van der Waals surface area contributed by atoms with Gasteiger partial charge in [0.2, 0.25) is 5.91 Å². The summed E-state index contributed by atoms with van der Waals surface area (Å²) in [6.45, 7) is 4.96. The lowest BCUT2D eigenvalue weighted by Crippen LogP contribution is -2.37. The van der Waals surface area contributed by atoms with Crippen LogP contribution in [0.4, 0.5) is 0 Å². The second-order valence-corrected chi connectivity index (χ2v) is 6.14. The van der Waals surface area contributed by atoms with Crippen LogP contribution in [0.5, 0.6) is 0 Å². The molecular weight excluding hydrogens is 262 g/mol. The van der Waals surface area contributed by atoms with E-state index in [1.807, 2.05) is 13.0 Å². The molecule has 4 nitrogen and oxygen atoms in total. The van der Waals surface area contributed by atoms with Gasteiger partial charge in [-0.2, -0.15) is 0 Å². The highest BCUT2D eigenvalue weighted by molar-refractivity contribution is 5.76. The number of likely N-dealkylation sites (tertiary alicyclic amines) is 1. The third-order valence-electron chi connectivity index (χ3n) is 3.95. The van der Waals surface area contributed by atoms with Gasteiger partial charge in [-0.3, -0.25) is 9.69 Å². The zero-order valence-electron chi connectivity index (χ0n) is 12.9. The van der Waals surface area contributed by atoms with Gasteiger partial charge < -0.3 is 11.1 Å². The van der Waals surface area contributed by atoms with E-state index in [-0.39, 0.29) is 11.9 Å². The molecule has 1 aromatic rings. The molecule has 0 spiro atoms. The number of nitrogens with one attached hydrogen (secondary N) is 1. The second kappa shape index (κ2) is 8.15. The summed E-state index contributed by atoms with van der Waals surface area (Å²) in [5.74, 6) is 0.169. The smallest absolute Gasteiger partial charge is 0.220 e. The lowest BCUT2D eigenvalue weighted by atomic mass is 10.1. The Bertz CT molecular complexity index is 433. The third kappa shape index (κ3) is 5.86. The molecule has 0 bridgehead atoms. The van der Waals surface area contributed by atoms with Crippen molar-refractivity contribution in [1.29, 1.82) is 0 Å². The van der Waals surface area contributed by atoms with Crippen LogP contribution in [-0.4, -0.2) is 36.0 Å². The van der Waals surface area contributed by atoms with Gasteiger partial charge in [0.05, 0.1) is 0 Å². The maximum absolute atomic E-state index is 11.9. The fourth-order valence-electron chi connectivity index (χ4n) is 2.82. The summed E-state index contributed by atoms with van der Waals surface area (Å²) in [5, 5.41) is 3.15. The number of nitrogens with zero attached hydrogens (tertiary/aromatic N) is 1. The van der Waals surface area contributed by atoms with Crippen molar-refractivity contribution in [2.75, 3.05) is 13.1 Å². The van der Waals surface area contributed by atoms with Gasteiger partial charge in [0.25, 0.3) is 0 Å². The highest BCUT2D eigenvalue weighted by Crippen LogP contribution is 2.13.